The second kappa shape index (κ2) is 7.36. The highest BCUT2D eigenvalue weighted by molar-refractivity contribution is 5.99. The highest BCUT2D eigenvalue weighted by atomic mass is 16.1. The second-order valence-electron chi connectivity index (χ2n) is 7.01. The average Bonchev–Trinajstić information content (AvgIpc) is 3.11. The van der Waals surface area contributed by atoms with Gasteiger partial charge in [-0.3, -0.25) is 9.59 Å². The lowest BCUT2D eigenvalue weighted by Gasteiger charge is -2.23. The van der Waals surface area contributed by atoms with E-state index in [1.807, 2.05) is 31.2 Å². The Hall–Kier alpha value is -2.93. The molecule has 1 aromatic carbocycles. The molecule has 7 heteroatoms. The van der Waals surface area contributed by atoms with Crippen molar-refractivity contribution in [2.45, 2.75) is 32.2 Å². The Bertz CT molecular complexity index is 1030. The Balaban J connectivity index is 1.62. The third-order valence-electron chi connectivity index (χ3n) is 5.24. The predicted octanol–water partition coefficient (Wildman–Crippen LogP) is 1.73. The lowest BCUT2D eigenvalue weighted by Crippen LogP contribution is -2.29. The van der Waals surface area contributed by atoms with Crippen LogP contribution in [0.15, 0.2) is 41.3 Å². The summed E-state index contributed by atoms with van der Waals surface area (Å²) < 4.78 is 1.71. The van der Waals surface area contributed by atoms with Gasteiger partial charge in [-0.1, -0.05) is 24.3 Å². The van der Waals surface area contributed by atoms with Crippen LogP contribution in [0, 0.1) is 6.92 Å². The smallest absolute Gasteiger partial charge is 0.256 e. The van der Waals surface area contributed by atoms with Gasteiger partial charge in [0, 0.05) is 18.5 Å². The van der Waals surface area contributed by atoms with Crippen LogP contribution >= 0.6 is 0 Å². The number of hydrogen-bond acceptors (Lipinski definition) is 4. The maximum atomic E-state index is 12.7. The molecular weight excluding hydrogens is 342 g/mol. The minimum Gasteiger partial charge on any atom is -0.348 e. The molecule has 3 N–H and O–H groups in total. The molecule has 0 aliphatic carbocycles. The second-order valence-corrected chi connectivity index (χ2v) is 7.01. The number of nitrogens with zero attached hydrogens (tertiary/aromatic N) is 2. The van der Waals surface area contributed by atoms with Crippen molar-refractivity contribution in [3.63, 3.8) is 0 Å². The van der Waals surface area contributed by atoms with Crippen molar-refractivity contribution >= 4 is 11.6 Å². The predicted molar refractivity (Wildman–Crippen MR) is 103 cm³/mol. The number of fused-ring (bicyclic) bond motifs is 1. The van der Waals surface area contributed by atoms with Gasteiger partial charge in [-0.15, -0.1) is 0 Å². The number of piperidine rings is 1. The molecule has 0 unspecified atom stereocenters. The van der Waals surface area contributed by atoms with E-state index in [-0.39, 0.29) is 17.4 Å². The van der Waals surface area contributed by atoms with E-state index in [2.05, 4.69) is 20.7 Å². The number of amides is 1. The zero-order valence-electron chi connectivity index (χ0n) is 15.3. The van der Waals surface area contributed by atoms with Crippen molar-refractivity contribution < 1.29 is 4.79 Å². The molecule has 1 aliphatic rings. The molecule has 1 saturated heterocycles. The highest BCUT2D eigenvalue weighted by Gasteiger charge is 2.22. The molecular formula is C20H23N5O2. The maximum absolute atomic E-state index is 12.7. The molecule has 3 heterocycles. The van der Waals surface area contributed by atoms with Gasteiger partial charge in [-0.25, -0.2) is 4.52 Å². The van der Waals surface area contributed by atoms with E-state index >= 15 is 0 Å². The fourth-order valence-electron chi connectivity index (χ4n) is 3.67. The summed E-state index contributed by atoms with van der Waals surface area (Å²) in [5, 5.41) is 10.7. The van der Waals surface area contributed by atoms with Crippen molar-refractivity contribution in [3.05, 3.63) is 69.3 Å². The molecule has 0 bridgehead atoms. The lowest BCUT2D eigenvalue weighted by atomic mass is 9.94. The molecule has 0 saturated carbocycles. The van der Waals surface area contributed by atoms with Gasteiger partial charge in [-0.05, 0) is 44.0 Å². The van der Waals surface area contributed by atoms with Crippen LogP contribution < -0.4 is 16.2 Å². The van der Waals surface area contributed by atoms with Crippen LogP contribution in [-0.2, 0) is 6.54 Å². The van der Waals surface area contributed by atoms with Crippen molar-refractivity contribution in [3.8, 4) is 0 Å². The molecule has 4 rings (SSSR count). The number of hydrogen-bond donors (Lipinski definition) is 3. The number of aromatic amines is 1. The summed E-state index contributed by atoms with van der Waals surface area (Å²) in [4.78, 5) is 27.7. The molecule has 1 amide bonds. The number of rotatable bonds is 4. The third-order valence-corrected chi connectivity index (χ3v) is 5.24. The quantitative estimate of drug-likeness (QED) is 0.657. The summed E-state index contributed by atoms with van der Waals surface area (Å²) in [6.45, 7) is 4.29. The largest absolute Gasteiger partial charge is 0.348 e. The van der Waals surface area contributed by atoms with Crippen LogP contribution in [0.25, 0.3) is 5.65 Å². The van der Waals surface area contributed by atoms with Crippen LogP contribution in [-0.4, -0.2) is 33.6 Å². The Morgan fingerprint density at radius 3 is 2.85 bits per heavy atom. The summed E-state index contributed by atoms with van der Waals surface area (Å²) in [7, 11) is 0. The first-order valence-corrected chi connectivity index (χ1v) is 9.28. The highest BCUT2D eigenvalue weighted by Crippen LogP contribution is 2.24. The summed E-state index contributed by atoms with van der Waals surface area (Å²) in [6.07, 6.45) is 3.43. The van der Waals surface area contributed by atoms with Crippen LogP contribution in [0.4, 0.5) is 0 Å². The van der Waals surface area contributed by atoms with E-state index in [1.54, 1.807) is 10.6 Å². The molecule has 0 radical (unpaired) electrons. The fourth-order valence-corrected chi connectivity index (χ4v) is 3.67. The van der Waals surface area contributed by atoms with Crippen LogP contribution in [0.5, 0.6) is 0 Å². The number of carbonyl (C=O) groups excluding carboxylic acids is 1. The Kier molecular flexibility index (Phi) is 4.77. The van der Waals surface area contributed by atoms with Gasteiger partial charge in [0.15, 0.2) is 0 Å². The Labute approximate surface area is 156 Å². The van der Waals surface area contributed by atoms with Crippen LogP contribution in [0.1, 0.15) is 45.9 Å². The molecule has 7 nitrogen and oxygen atoms in total. The zero-order chi connectivity index (χ0) is 18.8. The van der Waals surface area contributed by atoms with Crippen molar-refractivity contribution in [2.24, 2.45) is 0 Å². The third kappa shape index (κ3) is 3.50. The maximum Gasteiger partial charge on any atom is 0.256 e. The van der Waals surface area contributed by atoms with E-state index in [0.717, 1.165) is 42.8 Å². The van der Waals surface area contributed by atoms with Crippen molar-refractivity contribution in [1.82, 2.24) is 25.2 Å². The van der Waals surface area contributed by atoms with Gasteiger partial charge in [0.05, 0.1) is 11.9 Å². The van der Waals surface area contributed by atoms with Gasteiger partial charge in [0.2, 0.25) is 0 Å². The molecule has 1 fully saturated rings. The fraction of sp³-hybridized carbons (Fsp3) is 0.350. The van der Waals surface area contributed by atoms with E-state index in [9.17, 15) is 9.59 Å². The van der Waals surface area contributed by atoms with Crippen LogP contribution in [0.2, 0.25) is 0 Å². The number of aryl methyl sites for hydroxylation is 1. The number of H-pyrrole nitrogens is 1. The molecule has 1 aliphatic heterocycles. The van der Waals surface area contributed by atoms with E-state index < -0.39 is 0 Å². The molecule has 140 valence electrons. The van der Waals surface area contributed by atoms with Crippen LogP contribution in [0.3, 0.4) is 0 Å². The number of aromatic nitrogens is 3. The van der Waals surface area contributed by atoms with Gasteiger partial charge in [-0.2, -0.15) is 5.10 Å². The van der Waals surface area contributed by atoms with Gasteiger partial charge in [0.1, 0.15) is 11.2 Å². The minimum absolute atomic E-state index is 0.204. The van der Waals surface area contributed by atoms with E-state index in [0.29, 0.717) is 17.8 Å². The molecule has 27 heavy (non-hydrogen) atoms. The van der Waals surface area contributed by atoms with Gasteiger partial charge >= 0.3 is 0 Å². The number of benzene rings is 1. The first-order valence-electron chi connectivity index (χ1n) is 9.28. The normalized spacial score (nSPS) is 15.1. The van der Waals surface area contributed by atoms with Gasteiger partial charge in [0.25, 0.3) is 11.5 Å². The number of nitrogens with one attached hydrogen (secondary N) is 3. The summed E-state index contributed by atoms with van der Waals surface area (Å²) in [5.41, 5.74) is 3.69. The zero-order valence-corrected chi connectivity index (χ0v) is 15.3. The summed E-state index contributed by atoms with van der Waals surface area (Å²) in [6, 6.07) is 9.53. The molecule has 0 atom stereocenters. The SMILES string of the molecule is Cc1ccccc1CNC(=O)c1cnn2c(C3CCNCC3)cc(=O)[nH]c12. The molecule has 3 aromatic rings. The Morgan fingerprint density at radius 2 is 2.07 bits per heavy atom. The van der Waals surface area contributed by atoms with Crippen molar-refractivity contribution in [1.29, 1.82) is 0 Å². The minimum atomic E-state index is -0.244. The monoisotopic (exact) mass is 365 g/mol. The van der Waals surface area contributed by atoms with E-state index in [1.165, 1.54) is 6.20 Å². The molecule has 0 spiro atoms. The first-order chi connectivity index (χ1) is 13.1. The lowest BCUT2D eigenvalue weighted by molar-refractivity contribution is 0.0952. The van der Waals surface area contributed by atoms with E-state index in [4.69, 9.17) is 0 Å². The standard InChI is InChI=1S/C20H23N5O2/c1-13-4-2-3-5-15(13)11-22-20(27)16-12-23-25-17(10-18(26)24-19(16)25)14-6-8-21-9-7-14/h2-5,10,12,14,21H,6-9,11H2,1H3,(H,22,27)(H,24,26). The average molecular weight is 365 g/mol. The molecule has 2 aromatic heterocycles. The topological polar surface area (TPSA) is 91.3 Å². The Morgan fingerprint density at radius 1 is 1.30 bits per heavy atom. The summed E-state index contributed by atoms with van der Waals surface area (Å²) in [5.74, 6) is 0.0187. The summed E-state index contributed by atoms with van der Waals surface area (Å²) >= 11 is 0. The van der Waals surface area contributed by atoms with Gasteiger partial charge < -0.3 is 15.6 Å². The van der Waals surface area contributed by atoms with Crippen molar-refractivity contribution in [2.75, 3.05) is 13.1 Å². The number of carbonyl (C=O) groups is 1. The first kappa shape index (κ1) is 17.5.